The van der Waals surface area contributed by atoms with Crippen LogP contribution in [-0.2, 0) is 0 Å². The number of fused-ring (bicyclic) bond motifs is 1. The highest BCUT2D eigenvalue weighted by Gasteiger charge is 2.23. The third-order valence-corrected chi connectivity index (χ3v) is 4.76. The van der Waals surface area contributed by atoms with E-state index in [2.05, 4.69) is 0 Å². The van der Waals surface area contributed by atoms with E-state index in [4.69, 9.17) is 0 Å². The summed E-state index contributed by atoms with van der Waals surface area (Å²) in [6, 6.07) is 12.3. The highest BCUT2D eigenvalue weighted by molar-refractivity contribution is 7.99. The van der Waals surface area contributed by atoms with Gasteiger partial charge < -0.3 is 4.90 Å². The average molecular weight is 301 g/mol. The van der Waals surface area contributed by atoms with Gasteiger partial charge >= 0.3 is 0 Å². The molecule has 108 valence electrons. The Kier molecular flexibility index (Phi) is 3.97. The van der Waals surface area contributed by atoms with Crippen LogP contribution >= 0.6 is 11.8 Å². The van der Waals surface area contributed by atoms with Crippen molar-refractivity contribution in [1.29, 1.82) is 0 Å². The van der Waals surface area contributed by atoms with E-state index in [-0.39, 0.29) is 11.7 Å². The first-order valence-corrected chi connectivity index (χ1v) is 7.95. The van der Waals surface area contributed by atoms with Crippen molar-refractivity contribution in [1.82, 2.24) is 0 Å². The molecule has 3 rings (SSSR count). The molecule has 0 radical (unpaired) electrons. The largest absolute Gasteiger partial charge is 0.307 e. The van der Waals surface area contributed by atoms with Crippen LogP contribution in [0.5, 0.6) is 0 Å². The zero-order valence-corrected chi connectivity index (χ0v) is 12.6. The van der Waals surface area contributed by atoms with Gasteiger partial charge in [-0.2, -0.15) is 0 Å². The van der Waals surface area contributed by atoms with Gasteiger partial charge in [0.25, 0.3) is 5.91 Å². The minimum absolute atomic E-state index is 0.123. The van der Waals surface area contributed by atoms with Crippen molar-refractivity contribution in [2.24, 2.45) is 0 Å². The summed E-state index contributed by atoms with van der Waals surface area (Å²) in [6.07, 6.45) is 0.930. The molecule has 2 aromatic carbocycles. The molecule has 4 heteroatoms. The first-order valence-electron chi connectivity index (χ1n) is 6.96. The minimum Gasteiger partial charge on any atom is -0.307 e. The number of hydrogen-bond acceptors (Lipinski definition) is 2. The number of halogens is 1. The van der Waals surface area contributed by atoms with Gasteiger partial charge in [0, 0.05) is 17.0 Å². The Hall–Kier alpha value is -1.81. The normalized spacial score (nSPS) is 14.5. The number of rotatable bonds is 1. The zero-order chi connectivity index (χ0) is 14.8. The van der Waals surface area contributed by atoms with Crippen LogP contribution in [-0.4, -0.2) is 18.2 Å². The van der Waals surface area contributed by atoms with Gasteiger partial charge in [-0.3, -0.25) is 4.79 Å². The topological polar surface area (TPSA) is 20.3 Å². The van der Waals surface area contributed by atoms with E-state index in [1.165, 1.54) is 12.1 Å². The molecule has 0 bridgehead atoms. The number of carbonyl (C=O) groups excluding carboxylic acids is 1. The number of hydrogen-bond donors (Lipinski definition) is 0. The highest BCUT2D eigenvalue weighted by atomic mass is 32.2. The zero-order valence-electron chi connectivity index (χ0n) is 11.8. The smallest absolute Gasteiger partial charge is 0.258 e. The van der Waals surface area contributed by atoms with Gasteiger partial charge in [0.15, 0.2) is 0 Å². The van der Waals surface area contributed by atoms with Crippen LogP contribution in [0.2, 0.25) is 0 Å². The monoisotopic (exact) mass is 301 g/mol. The number of benzene rings is 2. The van der Waals surface area contributed by atoms with Gasteiger partial charge in [0.1, 0.15) is 5.82 Å². The average Bonchev–Trinajstić information content (AvgIpc) is 2.71. The third kappa shape index (κ3) is 2.81. The molecule has 0 spiro atoms. The maximum absolute atomic E-state index is 13.5. The Morgan fingerprint density at radius 1 is 1.24 bits per heavy atom. The predicted molar refractivity (Wildman–Crippen MR) is 84.6 cm³/mol. The second kappa shape index (κ2) is 5.90. The summed E-state index contributed by atoms with van der Waals surface area (Å²) in [5, 5.41) is 0. The molecule has 1 amide bonds. The van der Waals surface area contributed by atoms with E-state index in [1.54, 1.807) is 22.7 Å². The molecule has 0 unspecified atom stereocenters. The van der Waals surface area contributed by atoms with E-state index in [0.29, 0.717) is 12.1 Å². The molecule has 0 aliphatic carbocycles. The van der Waals surface area contributed by atoms with Gasteiger partial charge in [0.05, 0.1) is 5.69 Å². The molecule has 2 aromatic rings. The van der Waals surface area contributed by atoms with Crippen molar-refractivity contribution >= 4 is 23.4 Å². The van der Waals surface area contributed by atoms with Gasteiger partial charge in [-0.1, -0.05) is 18.2 Å². The fraction of sp³-hybridized carbons (Fsp3) is 0.235. The number of anilines is 1. The lowest BCUT2D eigenvalue weighted by Crippen LogP contribution is -2.32. The maximum Gasteiger partial charge on any atom is 0.258 e. The lowest BCUT2D eigenvalue weighted by Gasteiger charge is -2.23. The van der Waals surface area contributed by atoms with Crippen molar-refractivity contribution in [3.8, 4) is 0 Å². The first kappa shape index (κ1) is 14.1. The van der Waals surface area contributed by atoms with Crippen molar-refractivity contribution in [2.45, 2.75) is 18.2 Å². The van der Waals surface area contributed by atoms with Crippen molar-refractivity contribution in [2.75, 3.05) is 17.2 Å². The molecule has 0 saturated heterocycles. The van der Waals surface area contributed by atoms with Crippen LogP contribution < -0.4 is 4.90 Å². The minimum atomic E-state index is -0.374. The van der Waals surface area contributed by atoms with Crippen LogP contribution in [0.25, 0.3) is 0 Å². The number of nitrogens with zero attached hydrogens (tertiary/aromatic N) is 1. The molecule has 0 N–H and O–H groups in total. The van der Waals surface area contributed by atoms with Crippen LogP contribution in [0.4, 0.5) is 10.1 Å². The molecule has 1 heterocycles. The molecule has 0 saturated carbocycles. The molecular weight excluding hydrogens is 285 g/mol. The van der Waals surface area contributed by atoms with Crippen LogP contribution in [0, 0.1) is 12.7 Å². The maximum atomic E-state index is 13.5. The first-order chi connectivity index (χ1) is 10.2. The summed E-state index contributed by atoms with van der Waals surface area (Å²) in [5.74, 6) is 0.492. The summed E-state index contributed by atoms with van der Waals surface area (Å²) in [7, 11) is 0. The molecule has 0 fully saturated rings. The Labute approximate surface area is 128 Å². The molecule has 0 atom stereocenters. The SMILES string of the molecule is Cc1ccc(F)cc1C(=O)N1CCCSc2ccccc21. The predicted octanol–water partition coefficient (Wildman–Crippen LogP) is 4.28. The van der Waals surface area contributed by atoms with E-state index in [9.17, 15) is 9.18 Å². The Morgan fingerprint density at radius 2 is 2.05 bits per heavy atom. The third-order valence-electron chi connectivity index (χ3n) is 3.61. The van der Waals surface area contributed by atoms with Gasteiger partial charge in [0.2, 0.25) is 0 Å². The lowest BCUT2D eigenvalue weighted by molar-refractivity contribution is 0.0985. The number of aryl methyl sites for hydroxylation is 1. The molecular formula is C17H16FNOS. The Morgan fingerprint density at radius 3 is 2.90 bits per heavy atom. The summed E-state index contributed by atoms with van der Waals surface area (Å²) < 4.78 is 13.5. The van der Waals surface area contributed by atoms with Crippen LogP contribution in [0.3, 0.4) is 0 Å². The summed E-state index contributed by atoms with van der Waals surface area (Å²) in [5.41, 5.74) is 2.17. The van der Waals surface area contributed by atoms with Crippen molar-refractivity contribution in [3.05, 3.63) is 59.4 Å². The second-order valence-corrected chi connectivity index (χ2v) is 6.22. The quantitative estimate of drug-likeness (QED) is 0.783. The Balaban J connectivity index is 2.03. The van der Waals surface area contributed by atoms with Gasteiger partial charge in [-0.25, -0.2) is 4.39 Å². The fourth-order valence-corrected chi connectivity index (χ4v) is 3.50. The van der Waals surface area contributed by atoms with E-state index in [1.807, 2.05) is 31.2 Å². The second-order valence-electron chi connectivity index (χ2n) is 5.09. The molecule has 1 aliphatic heterocycles. The van der Waals surface area contributed by atoms with E-state index < -0.39 is 0 Å². The standard InChI is InChI=1S/C17H16FNOS/c1-12-7-8-13(18)11-14(12)17(20)19-9-4-10-21-16-6-3-2-5-15(16)19/h2-3,5-8,11H,4,9-10H2,1H3. The van der Waals surface area contributed by atoms with Crippen molar-refractivity contribution in [3.63, 3.8) is 0 Å². The molecule has 1 aliphatic rings. The lowest BCUT2D eigenvalue weighted by atomic mass is 10.1. The summed E-state index contributed by atoms with van der Waals surface area (Å²) in [6.45, 7) is 2.50. The number of thioether (sulfide) groups is 1. The highest BCUT2D eigenvalue weighted by Crippen LogP contribution is 2.34. The fourth-order valence-electron chi connectivity index (χ4n) is 2.51. The van der Waals surface area contributed by atoms with Crippen LogP contribution in [0.1, 0.15) is 22.3 Å². The molecule has 21 heavy (non-hydrogen) atoms. The van der Waals surface area contributed by atoms with Gasteiger partial charge in [-0.15, -0.1) is 11.8 Å². The van der Waals surface area contributed by atoms with Crippen molar-refractivity contribution < 1.29 is 9.18 Å². The van der Waals surface area contributed by atoms with E-state index >= 15 is 0 Å². The summed E-state index contributed by atoms with van der Waals surface area (Å²) >= 11 is 1.77. The number of amides is 1. The Bertz CT molecular complexity index is 686. The molecule has 0 aromatic heterocycles. The summed E-state index contributed by atoms with van der Waals surface area (Å²) in [4.78, 5) is 15.7. The van der Waals surface area contributed by atoms with Crippen LogP contribution in [0.15, 0.2) is 47.4 Å². The van der Waals surface area contributed by atoms with Gasteiger partial charge in [-0.05, 0) is 48.9 Å². The number of carbonyl (C=O) groups is 1. The molecule has 2 nitrogen and oxygen atoms in total. The number of para-hydroxylation sites is 1. The van der Waals surface area contributed by atoms with E-state index in [0.717, 1.165) is 28.3 Å².